The Morgan fingerprint density at radius 1 is 1.10 bits per heavy atom. The highest BCUT2D eigenvalue weighted by molar-refractivity contribution is 5.99. The van der Waals surface area contributed by atoms with Crippen LogP contribution < -0.4 is 0 Å². The molecule has 0 aromatic heterocycles. The number of amides is 1. The second-order valence-corrected chi connectivity index (χ2v) is 7.87. The number of carbonyl (C=O) groups excluding carboxylic acids is 2. The molecule has 3 fully saturated rings. The fourth-order valence-electron chi connectivity index (χ4n) is 4.90. The molecule has 21 heavy (non-hydrogen) atoms. The monoisotopic (exact) mass is 292 g/mol. The lowest BCUT2D eigenvalue weighted by molar-refractivity contribution is -0.149. The van der Waals surface area contributed by atoms with E-state index in [-0.39, 0.29) is 16.7 Å². The van der Waals surface area contributed by atoms with Crippen LogP contribution in [0, 0.1) is 16.2 Å². The van der Waals surface area contributed by atoms with E-state index in [1.165, 1.54) is 0 Å². The second-order valence-electron chi connectivity index (χ2n) is 7.87. The van der Waals surface area contributed by atoms with Crippen LogP contribution in [0.1, 0.15) is 47.0 Å². The predicted octanol–water partition coefficient (Wildman–Crippen LogP) is 1.94. The van der Waals surface area contributed by atoms with Crippen LogP contribution in [0.3, 0.4) is 0 Å². The third kappa shape index (κ3) is 1.71. The van der Waals surface area contributed by atoms with Crippen LogP contribution in [-0.4, -0.2) is 54.2 Å². The van der Waals surface area contributed by atoms with Gasteiger partial charge >= 0.3 is 0 Å². The summed E-state index contributed by atoms with van der Waals surface area (Å²) in [5, 5.41) is 0. The maximum absolute atomic E-state index is 13.2. The van der Waals surface area contributed by atoms with Crippen LogP contribution in [0.5, 0.6) is 0 Å². The number of likely N-dealkylation sites (N-methyl/N-ethyl adjacent to an activating group) is 1. The Labute approximate surface area is 127 Å². The van der Waals surface area contributed by atoms with Crippen molar-refractivity contribution in [1.82, 2.24) is 9.80 Å². The SMILES string of the molecule is CCN1CCN(C(=O)[C@@]23CC[C@](C)(C(=O)C2)C3(C)C)CC1. The number of hydrogen-bond donors (Lipinski definition) is 0. The molecule has 0 N–H and O–H groups in total. The Bertz CT molecular complexity index is 479. The minimum absolute atomic E-state index is 0.212. The first-order chi connectivity index (χ1) is 9.78. The number of hydrogen-bond acceptors (Lipinski definition) is 3. The van der Waals surface area contributed by atoms with E-state index in [1.54, 1.807) is 0 Å². The highest BCUT2D eigenvalue weighted by Gasteiger charge is 2.72. The number of carbonyl (C=O) groups is 2. The zero-order valence-electron chi connectivity index (χ0n) is 13.9. The lowest BCUT2D eigenvalue weighted by Crippen LogP contribution is -2.55. The molecule has 3 aliphatic rings. The molecule has 2 aliphatic carbocycles. The molecule has 2 saturated carbocycles. The van der Waals surface area contributed by atoms with Crippen molar-refractivity contribution in [3.05, 3.63) is 0 Å². The summed E-state index contributed by atoms with van der Waals surface area (Å²) in [6, 6.07) is 0. The quantitative estimate of drug-likeness (QED) is 0.781. The van der Waals surface area contributed by atoms with Crippen molar-refractivity contribution in [3.8, 4) is 0 Å². The number of fused-ring (bicyclic) bond motifs is 2. The zero-order chi connectivity index (χ0) is 15.5. The molecule has 0 aromatic carbocycles. The molecule has 0 unspecified atom stereocenters. The van der Waals surface area contributed by atoms with Gasteiger partial charge < -0.3 is 9.80 Å². The highest BCUT2D eigenvalue weighted by Crippen LogP contribution is 2.71. The molecule has 2 atom stereocenters. The third-order valence-electron chi connectivity index (χ3n) is 7.22. The summed E-state index contributed by atoms with van der Waals surface area (Å²) in [6.07, 6.45) is 2.22. The van der Waals surface area contributed by atoms with Crippen LogP contribution >= 0.6 is 0 Å². The lowest BCUT2D eigenvalue weighted by atomic mass is 9.64. The average molecular weight is 292 g/mol. The average Bonchev–Trinajstić information content (AvgIpc) is 2.77. The summed E-state index contributed by atoms with van der Waals surface area (Å²) < 4.78 is 0. The molecule has 3 rings (SSSR count). The maximum Gasteiger partial charge on any atom is 0.229 e. The molecule has 0 aromatic rings. The van der Waals surface area contributed by atoms with Crippen LogP contribution in [0.4, 0.5) is 0 Å². The van der Waals surface area contributed by atoms with Gasteiger partial charge in [-0.05, 0) is 24.8 Å². The zero-order valence-corrected chi connectivity index (χ0v) is 13.9. The standard InChI is InChI=1S/C17H28N2O2/c1-5-18-8-10-19(11-9-18)14(21)17-7-6-16(4,13(20)12-17)15(17,2)3/h5-12H2,1-4H3/t16-,17-/m1/s1. The summed E-state index contributed by atoms with van der Waals surface area (Å²) in [6.45, 7) is 13.1. The van der Waals surface area contributed by atoms with E-state index in [4.69, 9.17) is 0 Å². The van der Waals surface area contributed by atoms with Crippen LogP contribution in [0.25, 0.3) is 0 Å². The van der Waals surface area contributed by atoms with Gasteiger partial charge in [0.05, 0.1) is 5.41 Å². The molecule has 0 radical (unpaired) electrons. The first-order valence-electron chi connectivity index (χ1n) is 8.33. The Hall–Kier alpha value is -0.900. The van der Waals surface area contributed by atoms with Gasteiger partial charge in [-0.2, -0.15) is 0 Å². The van der Waals surface area contributed by atoms with Gasteiger partial charge in [0.15, 0.2) is 0 Å². The van der Waals surface area contributed by atoms with Gasteiger partial charge in [0, 0.05) is 38.0 Å². The fraction of sp³-hybridized carbons (Fsp3) is 0.882. The molecule has 2 bridgehead atoms. The molecular weight excluding hydrogens is 264 g/mol. The van der Waals surface area contributed by atoms with Crippen molar-refractivity contribution in [2.45, 2.75) is 47.0 Å². The van der Waals surface area contributed by atoms with Gasteiger partial charge in [-0.1, -0.05) is 27.7 Å². The number of ketones is 1. The fourth-order valence-corrected chi connectivity index (χ4v) is 4.90. The first-order valence-corrected chi connectivity index (χ1v) is 8.33. The summed E-state index contributed by atoms with van der Waals surface area (Å²) in [5.74, 6) is 0.553. The molecule has 1 saturated heterocycles. The summed E-state index contributed by atoms with van der Waals surface area (Å²) in [7, 11) is 0. The van der Waals surface area contributed by atoms with Gasteiger partial charge in [0.25, 0.3) is 0 Å². The van der Waals surface area contributed by atoms with Crippen LogP contribution in [-0.2, 0) is 9.59 Å². The lowest BCUT2D eigenvalue weighted by Gasteiger charge is -2.44. The molecular formula is C17H28N2O2. The summed E-state index contributed by atoms with van der Waals surface area (Å²) >= 11 is 0. The maximum atomic E-state index is 13.2. The third-order valence-corrected chi connectivity index (χ3v) is 7.22. The Kier molecular flexibility index (Phi) is 3.25. The number of nitrogens with zero attached hydrogens (tertiary/aromatic N) is 2. The van der Waals surface area contributed by atoms with Crippen molar-refractivity contribution in [3.63, 3.8) is 0 Å². The van der Waals surface area contributed by atoms with Gasteiger partial charge in [0.2, 0.25) is 5.91 Å². The first kappa shape index (κ1) is 15.0. The smallest absolute Gasteiger partial charge is 0.229 e. The van der Waals surface area contributed by atoms with Crippen molar-refractivity contribution >= 4 is 11.7 Å². The van der Waals surface area contributed by atoms with E-state index in [1.807, 2.05) is 4.90 Å². The van der Waals surface area contributed by atoms with E-state index in [2.05, 4.69) is 32.6 Å². The van der Waals surface area contributed by atoms with E-state index in [0.29, 0.717) is 12.2 Å². The molecule has 1 amide bonds. The predicted molar refractivity (Wildman–Crippen MR) is 81.9 cm³/mol. The topological polar surface area (TPSA) is 40.6 Å². The highest BCUT2D eigenvalue weighted by atomic mass is 16.2. The minimum atomic E-state index is -0.437. The van der Waals surface area contributed by atoms with Gasteiger partial charge in [0.1, 0.15) is 5.78 Å². The van der Waals surface area contributed by atoms with E-state index in [9.17, 15) is 9.59 Å². The van der Waals surface area contributed by atoms with E-state index in [0.717, 1.165) is 45.6 Å². The molecule has 4 nitrogen and oxygen atoms in total. The van der Waals surface area contributed by atoms with Gasteiger partial charge in [-0.15, -0.1) is 0 Å². The number of piperazine rings is 1. The molecule has 4 heteroatoms. The van der Waals surface area contributed by atoms with E-state index >= 15 is 0 Å². The minimum Gasteiger partial charge on any atom is -0.340 e. The molecule has 1 aliphatic heterocycles. The van der Waals surface area contributed by atoms with Crippen molar-refractivity contribution in [2.75, 3.05) is 32.7 Å². The van der Waals surface area contributed by atoms with Crippen molar-refractivity contribution in [1.29, 1.82) is 0 Å². The molecule has 118 valence electrons. The largest absolute Gasteiger partial charge is 0.340 e. The Morgan fingerprint density at radius 2 is 1.71 bits per heavy atom. The molecule has 0 spiro atoms. The van der Waals surface area contributed by atoms with Crippen molar-refractivity contribution in [2.24, 2.45) is 16.2 Å². The number of Topliss-reactive ketones (excluding diaryl/α,β-unsaturated/α-hetero) is 1. The normalized spacial score (nSPS) is 39.0. The van der Waals surface area contributed by atoms with E-state index < -0.39 is 5.41 Å². The van der Waals surface area contributed by atoms with Crippen LogP contribution in [0.2, 0.25) is 0 Å². The Morgan fingerprint density at radius 3 is 2.14 bits per heavy atom. The summed E-state index contributed by atoms with van der Waals surface area (Å²) in [5.41, 5.74) is -0.947. The number of rotatable bonds is 2. The summed E-state index contributed by atoms with van der Waals surface area (Å²) in [4.78, 5) is 30.1. The second kappa shape index (κ2) is 4.55. The van der Waals surface area contributed by atoms with Crippen LogP contribution in [0.15, 0.2) is 0 Å². The van der Waals surface area contributed by atoms with Gasteiger partial charge in [-0.3, -0.25) is 9.59 Å². The van der Waals surface area contributed by atoms with Gasteiger partial charge in [-0.25, -0.2) is 0 Å². The molecule has 1 heterocycles. The van der Waals surface area contributed by atoms with Crippen molar-refractivity contribution < 1.29 is 9.59 Å². The Balaban J connectivity index is 1.84.